The highest BCUT2D eigenvalue weighted by atomic mass is 16.5. The Hall–Kier alpha value is -2.49. The number of urea groups is 1. The van der Waals surface area contributed by atoms with Crippen LogP contribution in [0.4, 0.5) is 10.5 Å². The summed E-state index contributed by atoms with van der Waals surface area (Å²) in [5, 5.41) is 5.82. The van der Waals surface area contributed by atoms with Gasteiger partial charge in [0.25, 0.3) is 0 Å². The largest absolute Gasteiger partial charge is 0.494 e. The van der Waals surface area contributed by atoms with Crippen molar-refractivity contribution in [2.45, 2.75) is 46.6 Å². The molecule has 0 aromatic heterocycles. The fourth-order valence-corrected chi connectivity index (χ4v) is 2.69. The first-order chi connectivity index (χ1) is 12.1. The number of nitrogens with one attached hydrogen (secondary N) is 2. The SMILES string of the molecule is CCCCc1ccc(NC(=O)NCc2ccccc2OCC)c(C)c1. The highest BCUT2D eigenvalue weighted by Crippen LogP contribution is 2.19. The normalized spacial score (nSPS) is 10.4. The fraction of sp³-hybridized carbons (Fsp3) is 0.381. The number of carbonyl (C=O) groups excluding carboxylic acids is 1. The zero-order valence-electron chi connectivity index (χ0n) is 15.4. The van der Waals surface area contributed by atoms with Gasteiger partial charge in [-0.05, 0) is 49.9 Å². The van der Waals surface area contributed by atoms with Crippen LogP contribution in [0.15, 0.2) is 42.5 Å². The molecule has 0 aliphatic carbocycles. The first-order valence-electron chi connectivity index (χ1n) is 8.99. The monoisotopic (exact) mass is 340 g/mol. The van der Waals surface area contributed by atoms with Crippen LogP contribution >= 0.6 is 0 Å². The Morgan fingerprint density at radius 2 is 1.92 bits per heavy atom. The van der Waals surface area contributed by atoms with Crippen molar-refractivity contribution in [1.82, 2.24) is 5.32 Å². The lowest BCUT2D eigenvalue weighted by molar-refractivity contribution is 0.251. The number of para-hydroxylation sites is 1. The molecule has 0 spiro atoms. The number of anilines is 1. The average Bonchev–Trinajstić information content (AvgIpc) is 2.61. The highest BCUT2D eigenvalue weighted by molar-refractivity contribution is 5.90. The molecule has 0 unspecified atom stereocenters. The van der Waals surface area contributed by atoms with Gasteiger partial charge in [0.05, 0.1) is 6.61 Å². The van der Waals surface area contributed by atoms with Crippen LogP contribution in [0.3, 0.4) is 0 Å². The number of benzene rings is 2. The zero-order valence-corrected chi connectivity index (χ0v) is 15.4. The zero-order chi connectivity index (χ0) is 18.1. The van der Waals surface area contributed by atoms with E-state index in [1.165, 1.54) is 18.4 Å². The molecule has 4 heteroatoms. The van der Waals surface area contributed by atoms with Crippen LogP contribution < -0.4 is 15.4 Å². The molecule has 0 atom stereocenters. The van der Waals surface area contributed by atoms with Gasteiger partial charge >= 0.3 is 6.03 Å². The second kappa shape index (κ2) is 9.72. The fourth-order valence-electron chi connectivity index (χ4n) is 2.69. The van der Waals surface area contributed by atoms with Gasteiger partial charge in [-0.2, -0.15) is 0 Å². The molecule has 134 valence electrons. The molecule has 0 heterocycles. The number of hydrogen-bond acceptors (Lipinski definition) is 2. The third kappa shape index (κ3) is 5.82. The molecule has 2 N–H and O–H groups in total. The lowest BCUT2D eigenvalue weighted by atomic mass is 10.0. The first kappa shape index (κ1) is 18.8. The van der Waals surface area contributed by atoms with Gasteiger partial charge in [-0.1, -0.05) is 43.7 Å². The number of unbranched alkanes of at least 4 members (excludes halogenated alkanes) is 1. The molecule has 2 aromatic carbocycles. The summed E-state index contributed by atoms with van der Waals surface area (Å²) in [5.74, 6) is 0.807. The standard InChI is InChI=1S/C21H28N2O2/c1-4-6-9-17-12-13-19(16(3)14-17)23-21(24)22-15-18-10-7-8-11-20(18)25-5-2/h7-8,10-14H,4-6,9,15H2,1-3H3,(H2,22,23,24). The second-order valence-corrected chi connectivity index (χ2v) is 6.10. The average molecular weight is 340 g/mol. The minimum absolute atomic E-state index is 0.212. The van der Waals surface area contributed by atoms with Crippen LogP contribution in [0.5, 0.6) is 5.75 Å². The maximum absolute atomic E-state index is 12.2. The van der Waals surface area contributed by atoms with Gasteiger partial charge < -0.3 is 15.4 Å². The minimum Gasteiger partial charge on any atom is -0.494 e. The lowest BCUT2D eigenvalue weighted by Gasteiger charge is -2.13. The molecule has 0 saturated carbocycles. The van der Waals surface area contributed by atoms with Crippen molar-refractivity contribution < 1.29 is 9.53 Å². The molecule has 0 aliphatic rings. The molecule has 2 amide bonds. The van der Waals surface area contributed by atoms with E-state index in [2.05, 4.69) is 29.7 Å². The summed E-state index contributed by atoms with van der Waals surface area (Å²) in [6.07, 6.45) is 3.45. The van der Waals surface area contributed by atoms with E-state index in [1.807, 2.05) is 44.2 Å². The quantitative estimate of drug-likeness (QED) is 0.706. The van der Waals surface area contributed by atoms with Gasteiger partial charge in [-0.25, -0.2) is 4.79 Å². The van der Waals surface area contributed by atoms with Gasteiger partial charge in [0.15, 0.2) is 0 Å². The number of ether oxygens (including phenoxy) is 1. The Morgan fingerprint density at radius 1 is 1.12 bits per heavy atom. The van der Waals surface area contributed by atoms with Crippen LogP contribution in [-0.4, -0.2) is 12.6 Å². The summed E-state index contributed by atoms with van der Waals surface area (Å²) in [7, 11) is 0. The third-order valence-corrected chi connectivity index (χ3v) is 4.07. The Balaban J connectivity index is 1.92. The van der Waals surface area contributed by atoms with E-state index in [4.69, 9.17) is 4.74 Å². The number of hydrogen-bond donors (Lipinski definition) is 2. The molecule has 0 bridgehead atoms. The summed E-state index contributed by atoms with van der Waals surface area (Å²) >= 11 is 0. The van der Waals surface area contributed by atoms with E-state index in [-0.39, 0.29) is 6.03 Å². The Bertz CT molecular complexity index is 698. The van der Waals surface area contributed by atoms with E-state index in [0.29, 0.717) is 13.2 Å². The van der Waals surface area contributed by atoms with Crippen LogP contribution in [0.2, 0.25) is 0 Å². The van der Waals surface area contributed by atoms with Crippen molar-refractivity contribution in [3.8, 4) is 5.75 Å². The number of carbonyl (C=O) groups is 1. The van der Waals surface area contributed by atoms with Crippen molar-refractivity contribution in [2.24, 2.45) is 0 Å². The van der Waals surface area contributed by atoms with E-state index < -0.39 is 0 Å². The van der Waals surface area contributed by atoms with Gasteiger partial charge in [-0.15, -0.1) is 0 Å². The Morgan fingerprint density at radius 3 is 2.64 bits per heavy atom. The van der Waals surface area contributed by atoms with Crippen molar-refractivity contribution in [1.29, 1.82) is 0 Å². The summed E-state index contributed by atoms with van der Waals surface area (Å²) in [6, 6.07) is 13.7. The highest BCUT2D eigenvalue weighted by Gasteiger charge is 2.07. The number of amides is 2. The smallest absolute Gasteiger partial charge is 0.319 e. The van der Waals surface area contributed by atoms with E-state index >= 15 is 0 Å². The topological polar surface area (TPSA) is 50.4 Å². The molecule has 0 saturated heterocycles. The van der Waals surface area contributed by atoms with Crippen molar-refractivity contribution >= 4 is 11.7 Å². The number of rotatable bonds is 8. The molecule has 2 aromatic rings. The van der Waals surface area contributed by atoms with Crippen LogP contribution in [-0.2, 0) is 13.0 Å². The van der Waals surface area contributed by atoms with Crippen molar-refractivity contribution in [3.05, 3.63) is 59.2 Å². The summed E-state index contributed by atoms with van der Waals surface area (Å²) in [6.45, 7) is 7.19. The Labute approximate surface area is 150 Å². The van der Waals surface area contributed by atoms with Crippen LogP contribution in [0.25, 0.3) is 0 Å². The first-order valence-corrected chi connectivity index (χ1v) is 8.99. The van der Waals surface area contributed by atoms with Crippen molar-refractivity contribution in [3.63, 3.8) is 0 Å². The number of aryl methyl sites for hydroxylation is 2. The van der Waals surface area contributed by atoms with Gasteiger partial charge in [0.1, 0.15) is 5.75 Å². The lowest BCUT2D eigenvalue weighted by Crippen LogP contribution is -2.28. The van der Waals surface area contributed by atoms with Crippen molar-refractivity contribution in [2.75, 3.05) is 11.9 Å². The molecule has 4 nitrogen and oxygen atoms in total. The maximum Gasteiger partial charge on any atom is 0.319 e. The van der Waals surface area contributed by atoms with Gasteiger partial charge in [0.2, 0.25) is 0 Å². The van der Waals surface area contributed by atoms with E-state index in [1.54, 1.807) is 0 Å². The Kier molecular flexibility index (Phi) is 7.33. The summed E-state index contributed by atoms with van der Waals surface area (Å²) in [4.78, 5) is 12.2. The molecule has 0 aliphatic heterocycles. The van der Waals surface area contributed by atoms with E-state index in [0.717, 1.165) is 29.0 Å². The van der Waals surface area contributed by atoms with E-state index in [9.17, 15) is 4.79 Å². The molecule has 2 rings (SSSR count). The minimum atomic E-state index is -0.212. The summed E-state index contributed by atoms with van der Waals surface area (Å²) < 4.78 is 5.58. The van der Waals surface area contributed by atoms with Gasteiger partial charge in [-0.3, -0.25) is 0 Å². The molecular formula is C21H28N2O2. The van der Waals surface area contributed by atoms with Gasteiger partial charge in [0, 0.05) is 17.8 Å². The summed E-state index contributed by atoms with van der Waals surface area (Å²) in [5.41, 5.74) is 4.20. The molecule has 0 fully saturated rings. The predicted molar refractivity (Wildman–Crippen MR) is 103 cm³/mol. The second-order valence-electron chi connectivity index (χ2n) is 6.10. The predicted octanol–water partition coefficient (Wildman–Crippen LogP) is 5.06. The molecule has 0 radical (unpaired) electrons. The van der Waals surface area contributed by atoms with Crippen LogP contribution in [0, 0.1) is 6.92 Å². The molecule has 25 heavy (non-hydrogen) atoms. The van der Waals surface area contributed by atoms with Crippen LogP contribution in [0.1, 0.15) is 43.4 Å². The maximum atomic E-state index is 12.2. The third-order valence-electron chi connectivity index (χ3n) is 4.07. The molecular weight excluding hydrogens is 312 g/mol.